The van der Waals surface area contributed by atoms with Crippen molar-refractivity contribution in [3.8, 4) is 0 Å². The van der Waals surface area contributed by atoms with E-state index in [9.17, 15) is 13.2 Å². The van der Waals surface area contributed by atoms with Crippen LogP contribution in [0.3, 0.4) is 0 Å². The van der Waals surface area contributed by atoms with Crippen molar-refractivity contribution in [3.63, 3.8) is 0 Å². The Labute approximate surface area is 135 Å². The maximum atomic E-state index is 12.8. The first-order valence-electron chi connectivity index (χ1n) is 5.64. The van der Waals surface area contributed by atoms with Crippen LogP contribution in [0.5, 0.6) is 0 Å². The predicted molar refractivity (Wildman–Crippen MR) is 83.2 cm³/mol. The third kappa shape index (κ3) is 3.77. The number of rotatable bonds is 3. The first-order chi connectivity index (χ1) is 9.27. The topological polar surface area (TPSA) is 12.0 Å². The van der Waals surface area contributed by atoms with E-state index >= 15 is 0 Å². The fraction of sp³-hybridized carbons (Fsp3) is 0.231. The molecule has 1 aromatic carbocycles. The summed E-state index contributed by atoms with van der Waals surface area (Å²) in [4.78, 5) is 1.05. The number of thiophene rings is 1. The third-order valence-corrected chi connectivity index (χ3v) is 5.24. The fourth-order valence-corrected chi connectivity index (χ4v) is 3.63. The summed E-state index contributed by atoms with van der Waals surface area (Å²) >= 11 is 7.84. The molecular weight excluding hydrogens is 419 g/mol. The molecule has 1 atom stereocenters. The highest BCUT2D eigenvalue weighted by atomic mass is 79.9. The van der Waals surface area contributed by atoms with Crippen molar-refractivity contribution in [2.75, 3.05) is 5.32 Å². The van der Waals surface area contributed by atoms with E-state index in [0.717, 1.165) is 15.4 Å². The summed E-state index contributed by atoms with van der Waals surface area (Å²) in [7, 11) is 0. The molecule has 0 amide bonds. The Kier molecular flexibility index (Phi) is 4.81. The molecule has 0 aliphatic carbocycles. The van der Waals surface area contributed by atoms with E-state index in [1.54, 1.807) is 17.4 Å². The van der Waals surface area contributed by atoms with Gasteiger partial charge in [-0.25, -0.2) is 0 Å². The smallest absolute Gasteiger partial charge is 0.378 e. The van der Waals surface area contributed by atoms with Gasteiger partial charge in [0.25, 0.3) is 0 Å². The molecule has 20 heavy (non-hydrogen) atoms. The van der Waals surface area contributed by atoms with E-state index in [2.05, 4.69) is 37.2 Å². The van der Waals surface area contributed by atoms with Gasteiger partial charge in [0.15, 0.2) is 0 Å². The van der Waals surface area contributed by atoms with Gasteiger partial charge < -0.3 is 5.32 Å². The molecule has 2 rings (SSSR count). The van der Waals surface area contributed by atoms with Gasteiger partial charge in [0, 0.05) is 24.9 Å². The zero-order valence-electron chi connectivity index (χ0n) is 10.3. The summed E-state index contributed by atoms with van der Waals surface area (Å²) in [6, 6.07) is 6.03. The molecule has 0 saturated heterocycles. The van der Waals surface area contributed by atoms with E-state index in [1.165, 1.54) is 6.07 Å². The quantitative estimate of drug-likeness (QED) is 0.591. The van der Waals surface area contributed by atoms with Crippen LogP contribution in [-0.2, 0) is 6.18 Å². The molecule has 0 spiro atoms. The Morgan fingerprint density at radius 1 is 1.20 bits per heavy atom. The predicted octanol–water partition coefficient (Wildman–Crippen LogP) is 6.47. The summed E-state index contributed by atoms with van der Waals surface area (Å²) in [5.41, 5.74) is -0.236. The molecule has 0 aliphatic rings. The van der Waals surface area contributed by atoms with Gasteiger partial charge in [-0.1, -0.05) is 15.9 Å². The molecule has 1 heterocycles. The number of nitrogens with one attached hydrogen (secondary N) is 1. The Morgan fingerprint density at radius 2 is 1.90 bits per heavy atom. The number of hydrogen-bond acceptors (Lipinski definition) is 2. The SMILES string of the molecule is CC(Nc1ccc(Br)c(C(F)(F)F)c1)c1cc(Br)cs1. The Hall–Kier alpha value is -0.530. The van der Waals surface area contributed by atoms with Gasteiger partial charge >= 0.3 is 6.18 Å². The second-order valence-corrected chi connectivity index (χ2v) is 6.94. The normalized spacial score (nSPS) is 13.3. The number of halogens is 5. The largest absolute Gasteiger partial charge is 0.417 e. The van der Waals surface area contributed by atoms with Gasteiger partial charge in [0.1, 0.15) is 0 Å². The van der Waals surface area contributed by atoms with Gasteiger partial charge in [-0.3, -0.25) is 0 Å². The maximum Gasteiger partial charge on any atom is 0.417 e. The summed E-state index contributed by atoms with van der Waals surface area (Å²) < 4.78 is 39.5. The molecule has 7 heteroatoms. The monoisotopic (exact) mass is 427 g/mol. The van der Waals surface area contributed by atoms with Crippen LogP contribution < -0.4 is 5.32 Å². The molecule has 0 aliphatic heterocycles. The van der Waals surface area contributed by atoms with Gasteiger partial charge in [-0.05, 0) is 47.1 Å². The van der Waals surface area contributed by atoms with Crippen LogP contribution in [0.25, 0.3) is 0 Å². The van der Waals surface area contributed by atoms with Crippen molar-refractivity contribution in [1.82, 2.24) is 0 Å². The first kappa shape index (κ1) is 15.9. The van der Waals surface area contributed by atoms with Gasteiger partial charge in [-0.2, -0.15) is 13.2 Å². The Bertz CT molecular complexity index is 610. The molecule has 0 saturated carbocycles. The van der Waals surface area contributed by atoms with E-state index in [1.807, 2.05) is 18.4 Å². The highest BCUT2D eigenvalue weighted by Gasteiger charge is 2.33. The third-order valence-electron chi connectivity index (χ3n) is 2.67. The lowest BCUT2D eigenvalue weighted by molar-refractivity contribution is -0.138. The van der Waals surface area contributed by atoms with E-state index < -0.39 is 11.7 Å². The molecule has 2 aromatic rings. The lowest BCUT2D eigenvalue weighted by Crippen LogP contribution is -2.09. The number of anilines is 1. The van der Waals surface area contributed by atoms with E-state index in [4.69, 9.17) is 0 Å². The van der Waals surface area contributed by atoms with Crippen LogP contribution in [0.1, 0.15) is 23.4 Å². The standard InChI is InChI=1S/C13H10Br2F3NS/c1-7(12-4-8(14)6-20-12)19-9-2-3-11(15)10(5-9)13(16,17)18/h2-7,19H,1H3. The zero-order valence-corrected chi connectivity index (χ0v) is 14.3. The number of alkyl halides is 3. The van der Waals surface area contributed by atoms with Crippen molar-refractivity contribution in [1.29, 1.82) is 0 Å². The van der Waals surface area contributed by atoms with Crippen molar-refractivity contribution >= 4 is 48.9 Å². The molecule has 1 aromatic heterocycles. The minimum absolute atomic E-state index is 0.0436. The van der Waals surface area contributed by atoms with Crippen molar-refractivity contribution in [2.45, 2.75) is 19.1 Å². The molecular formula is C13H10Br2F3NS. The van der Waals surface area contributed by atoms with Crippen molar-refractivity contribution in [2.24, 2.45) is 0 Å². The molecule has 1 nitrogen and oxygen atoms in total. The van der Waals surface area contributed by atoms with Gasteiger partial charge in [0.05, 0.1) is 11.6 Å². The summed E-state index contributed by atoms with van der Waals surface area (Å²) in [5, 5.41) is 5.02. The second-order valence-electron chi connectivity index (χ2n) is 4.23. The van der Waals surface area contributed by atoms with Crippen LogP contribution in [-0.4, -0.2) is 0 Å². The molecule has 0 bridgehead atoms. The zero-order chi connectivity index (χ0) is 14.9. The van der Waals surface area contributed by atoms with Crippen LogP contribution in [0.15, 0.2) is 38.6 Å². The van der Waals surface area contributed by atoms with Crippen LogP contribution >= 0.6 is 43.2 Å². The van der Waals surface area contributed by atoms with Crippen LogP contribution in [0, 0.1) is 0 Å². The summed E-state index contributed by atoms with van der Waals surface area (Å²) in [5.74, 6) is 0. The number of benzene rings is 1. The minimum atomic E-state index is -4.37. The average molecular weight is 429 g/mol. The minimum Gasteiger partial charge on any atom is -0.378 e. The van der Waals surface area contributed by atoms with Crippen molar-refractivity contribution < 1.29 is 13.2 Å². The second kappa shape index (κ2) is 6.07. The highest BCUT2D eigenvalue weighted by Crippen LogP contribution is 2.37. The van der Waals surface area contributed by atoms with Crippen LogP contribution in [0.2, 0.25) is 0 Å². The van der Waals surface area contributed by atoms with Gasteiger partial charge in [0.2, 0.25) is 0 Å². The molecule has 1 N–H and O–H groups in total. The van der Waals surface area contributed by atoms with Crippen LogP contribution in [0.4, 0.5) is 18.9 Å². The lowest BCUT2D eigenvalue weighted by Gasteiger charge is -2.16. The molecule has 1 unspecified atom stereocenters. The average Bonchev–Trinajstić information content (AvgIpc) is 2.77. The molecule has 108 valence electrons. The molecule has 0 radical (unpaired) electrons. The first-order valence-corrected chi connectivity index (χ1v) is 8.11. The lowest BCUT2D eigenvalue weighted by atomic mass is 10.1. The van der Waals surface area contributed by atoms with Crippen molar-refractivity contribution in [3.05, 3.63) is 49.0 Å². The summed E-state index contributed by atoms with van der Waals surface area (Å²) in [6.07, 6.45) is -4.37. The highest BCUT2D eigenvalue weighted by molar-refractivity contribution is 9.10. The molecule has 0 fully saturated rings. The number of hydrogen-bond donors (Lipinski definition) is 1. The maximum absolute atomic E-state index is 12.8. The Balaban J connectivity index is 2.22. The fourth-order valence-electron chi connectivity index (χ4n) is 1.71. The van der Waals surface area contributed by atoms with Gasteiger partial charge in [-0.15, -0.1) is 11.3 Å². The Morgan fingerprint density at radius 3 is 2.45 bits per heavy atom. The summed E-state index contributed by atoms with van der Waals surface area (Å²) in [6.45, 7) is 1.91. The van der Waals surface area contributed by atoms with E-state index in [-0.39, 0.29) is 10.5 Å². The van der Waals surface area contributed by atoms with E-state index in [0.29, 0.717) is 5.69 Å².